The first-order valence-corrected chi connectivity index (χ1v) is 5.41. The molecule has 2 aromatic rings. The van der Waals surface area contributed by atoms with E-state index in [1.165, 1.54) is 0 Å². The summed E-state index contributed by atoms with van der Waals surface area (Å²) in [6, 6.07) is 5.28. The summed E-state index contributed by atoms with van der Waals surface area (Å²) >= 11 is 0. The number of hydrogen-bond acceptors (Lipinski definition) is 4. The molecule has 1 atom stereocenters. The van der Waals surface area contributed by atoms with Gasteiger partial charge in [0.25, 0.3) is 5.91 Å². The molecular formula is C12H14N2O3. The average molecular weight is 234 g/mol. The summed E-state index contributed by atoms with van der Waals surface area (Å²) in [6.07, 6.45) is 2.26. The fraction of sp³-hybridized carbons (Fsp3) is 0.333. The Morgan fingerprint density at radius 1 is 1.59 bits per heavy atom. The van der Waals surface area contributed by atoms with Gasteiger partial charge in [0.2, 0.25) is 5.76 Å². The largest absolute Gasteiger partial charge is 0.469 e. The minimum Gasteiger partial charge on any atom is -0.469 e. The minimum atomic E-state index is -0.260. The number of nitrogens with zero attached hydrogens (tertiary/aromatic N) is 1. The first-order chi connectivity index (χ1) is 8.15. The van der Waals surface area contributed by atoms with E-state index in [2.05, 4.69) is 10.5 Å². The van der Waals surface area contributed by atoms with Crippen LogP contribution in [0.4, 0.5) is 0 Å². The third kappa shape index (κ3) is 2.96. The molecule has 2 rings (SSSR count). The van der Waals surface area contributed by atoms with Crippen molar-refractivity contribution >= 4 is 5.91 Å². The number of aromatic nitrogens is 1. The van der Waals surface area contributed by atoms with Crippen molar-refractivity contribution in [2.45, 2.75) is 26.3 Å². The Hall–Kier alpha value is -2.04. The van der Waals surface area contributed by atoms with E-state index in [0.29, 0.717) is 12.1 Å². The fourth-order valence-electron chi connectivity index (χ4n) is 1.55. The van der Waals surface area contributed by atoms with Crippen molar-refractivity contribution < 1.29 is 13.7 Å². The highest BCUT2D eigenvalue weighted by molar-refractivity contribution is 5.91. The molecule has 90 valence electrons. The first kappa shape index (κ1) is 11.4. The van der Waals surface area contributed by atoms with Crippen LogP contribution < -0.4 is 5.32 Å². The van der Waals surface area contributed by atoms with Gasteiger partial charge in [-0.25, -0.2) is 0 Å². The van der Waals surface area contributed by atoms with Gasteiger partial charge in [0.1, 0.15) is 5.76 Å². The van der Waals surface area contributed by atoms with Crippen LogP contribution in [-0.2, 0) is 6.42 Å². The summed E-state index contributed by atoms with van der Waals surface area (Å²) in [4.78, 5) is 11.7. The average Bonchev–Trinajstić information content (AvgIpc) is 2.89. The predicted octanol–water partition coefficient (Wildman–Crippen LogP) is 1.94. The lowest BCUT2D eigenvalue weighted by molar-refractivity contribution is 0.0902. The molecule has 0 unspecified atom stereocenters. The zero-order valence-electron chi connectivity index (χ0n) is 9.77. The topological polar surface area (TPSA) is 68.3 Å². The summed E-state index contributed by atoms with van der Waals surface area (Å²) in [5, 5.41) is 6.48. The van der Waals surface area contributed by atoms with Gasteiger partial charge in [-0.3, -0.25) is 4.79 Å². The number of amides is 1. The van der Waals surface area contributed by atoms with Crippen LogP contribution in [0.15, 0.2) is 33.4 Å². The normalized spacial score (nSPS) is 12.4. The predicted molar refractivity (Wildman–Crippen MR) is 60.6 cm³/mol. The highest BCUT2D eigenvalue weighted by Crippen LogP contribution is 2.06. The van der Waals surface area contributed by atoms with Crippen LogP contribution in [-0.4, -0.2) is 17.1 Å². The summed E-state index contributed by atoms with van der Waals surface area (Å²) in [5.74, 6) is 0.810. The zero-order chi connectivity index (χ0) is 12.3. The smallest absolute Gasteiger partial charge is 0.290 e. The molecule has 17 heavy (non-hydrogen) atoms. The van der Waals surface area contributed by atoms with E-state index in [-0.39, 0.29) is 17.7 Å². The van der Waals surface area contributed by atoms with E-state index in [9.17, 15) is 4.79 Å². The first-order valence-electron chi connectivity index (χ1n) is 5.41. The molecule has 2 heterocycles. The van der Waals surface area contributed by atoms with E-state index in [0.717, 1.165) is 5.76 Å². The molecule has 0 radical (unpaired) electrons. The highest BCUT2D eigenvalue weighted by atomic mass is 16.5. The lowest BCUT2D eigenvalue weighted by Gasteiger charge is -2.10. The van der Waals surface area contributed by atoms with Crippen LogP contribution >= 0.6 is 0 Å². The number of rotatable bonds is 4. The molecule has 0 aliphatic rings. The molecular weight excluding hydrogens is 220 g/mol. The second kappa shape index (κ2) is 4.86. The van der Waals surface area contributed by atoms with Gasteiger partial charge in [-0.1, -0.05) is 5.16 Å². The monoisotopic (exact) mass is 234 g/mol. The number of carbonyl (C=O) groups is 1. The minimum absolute atomic E-state index is 0.0287. The summed E-state index contributed by atoms with van der Waals surface area (Å²) in [6.45, 7) is 3.68. The van der Waals surface area contributed by atoms with Crippen molar-refractivity contribution in [2.24, 2.45) is 0 Å². The standard InChI is InChI=1S/C12H14N2O3/c1-8(6-10-4-3-5-16-10)13-12(15)11-7-9(2)14-17-11/h3-5,7-8H,6H2,1-2H3,(H,13,15)/t8-/m1/s1. The second-order valence-corrected chi connectivity index (χ2v) is 3.99. The van der Waals surface area contributed by atoms with Crippen LogP contribution in [0.1, 0.15) is 28.9 Å². The zero-order valence-corrected chi connectivity index (χ0v) is 9.77. The van der Waals surface area contributed by atoms with Crippen LogP contribution in [0.25, 0.3) is 0 Å². The Bertz CT molecular complexity index is 488. The molecule has 1 N–H and O–H groups in total. The van der Waals surface area contributed by atoms with Crippen molar-refractivity contribution in [1.82, 2.24) is 10.5 Å². The SMILES string of the molecule is Cc1cc(C(=O)N[C@H](C)Cc2ccco2)on1. The Labute approximate surface area is 98.8 Å². The van der Waals surface area contributed by atoms with Crippen molar-refractivity contribution in [3.05, 3.63) is 41.7 Å². The quantitative estimate of drug-likeness (QED) is 0.877. The Balaban J connectivity index is 1.90. The van der Waals surface area contributed by atoms with Gasteiger partial charge < -0.3 is 14.3 Å². The molecule has 0 aliphatic carbocycles. The molecule has 2 aromatic heterocycles. The number of aryl methyl sites for hydroxylation is 1. The maximum Gasteiger partial charge on any atom is 0.290 e. The van der Waals surface area contributed by atoms with Gasteiger partial charge in [0, 0.05) is 18.5 Å². The molecule has 0 aliphatic heterocycles. The van der Waals surface area contributed by atoms with Gasteiger partial charge >= 0.3 is 0 Å². The van der Waals surface area contributed by atoms with E-state index < -0.39 is 0 Å². The molecule has 1 amide bonds. The van der Waals surface area contributed by atoms with E-state index in [1.807, 2.05) is 19.1 Å². The molecule has 0 fully saturated rings. The Morgan fingerprint density at radius 3 is 3.00 bits per heavy atom. The highest BCUT2D eigenvalue weighted by Gasteiger charge is 2.15. The van der Waals surface area contributed by atoms with E-state index in [4.69, 9.17) is 8.94 Å². The number of furan rings is 1. The maximum absolute atomic E-state index is 11.7. The molecule has 5 heteroatoms. The van der Waals surface area contributed by atoms with Crippen LogP contribution in [0, 0.1) is 6.92 Å². The van der Waals surface area contributed by atoms with Crippen molar-refractivity contribution in [3.8, 4) is 0 Å². The lowest BCUT2D eigenvalue weighted by atomic mass is 10.2. The summed E-state index contributed by atoms with van der Waals surface area (Å²) < 4.78 is 10.1. The maximum atomic E-state index is 11.7. The van der Waals surface area contributed by atoms with Crippen molar-refractivity contribution in [1.29, 1.82) is 0 Å². The summed E-state index contributed by atoms with van der Waals surface area (Å²) in [7, 11) is 0. The molecule has 0 saturated carbocycles. The second-order valence-electron chi connectivity index (χ2n) is 3.99. The Kier molecular flexibility index (Phi) is 3.27. The third-order valence-electron chi connectivity index (χ3n) is 2.32. The van der Waals surface area contributed by atoms with Crippen molar-refractivity contribution in [2.75, 3.05) is 0 Å². The van der Waals surface area contributed by atoms with E-state index in [1.54, 1.807) is 19.3 Å². The van der Waals surface area contributed by atoms with Gasteiger partial charge in [0.05, 0.1) is 12.0 Å². The van der Waals surface area contributed by atoms with Crippen LogP contribution in [0.3, 0.4) is 0 Å². The number of carbonyl (C=O) groups excluding carboxylic acids is 1. The van der Waals surface area contributed by atoms with Crippen LogP contribution in [0.5, 0.6) is 0 Å². The van der Waals surface area contributed by atoms with Crippen LogP contribution in [0.2, 0.25) is 0 Å². The fourth-order valence-corrected chi connectivity index (χ4v) is 1.55. The van der Waals surface area contributed by atoms with Crippen molar-refractivity contribution in [3.63, 3.8) is 0 Å². The number of hydrogen-bond donors (Lipinski definition) is 1. The van der Waals surface area contributed by atoms with Gasteiger partial charge in [-0.15, -0.1) is 0 Å². The van der Waals surface area contributed by atoms with Gasteiger partial charge in [0.15, 0.2) is 0 Å². The van der Waals surface area contributed by atoms with Gasteiger partial charge in [-0.2, -0.15) is 0 Å². The Morgan fingerprint density at radius 2 is 2.41 bits per heavy atom. The molecule has 0 saturated heterocycles. The number of nitrogens with one attached hydrogen (secondary N) is 1. The molecule has 0 bridgehead atoms. The molecule has 0 spiro atoms. The molecule has 0 aromatic carbocycles. The molecule has 5 nitrogen and oxygen atoms in total. The lowest BCUT2D eigenvalue weighted by Crippen LogP contribution is -2.33. The third-order valence-corrected chi connectivity index (χ3v) is 2.32. The summed E-state index contributed by atoms with van der Waals surface area (Å²) in [5.41, 5.74) is 0.689. The van der Waals surface area contributed by atoms with Gasteiger partial charge in [-0.05, 0) is 26.0 Å². The van der Waals surface area contributed by atoms with E-state index >= 15 is 0 Å².